The lowest BCUT2D eigenvalue weighted by Gasteiger charge is -2.09. The summed E-state index contributed by atoms with van der Waals surface area (Å²) < 4.78 is 5.67. The highest BCUT2D eigenvalue weighted by atomic mass is 16.5. The Morgan fingerprint density at radius 1 is 1.25 bits per heavy atom. The molecule has 86 valence electrons. The molecular weight excluding hydrogens is 200 g/mol. The molecule has 2 rings (SSSR count). The molecule has 2 heteroatoms. The van der Waals surface area contributed by atoms with Gasteiger partial charge in [0.25, 0.3) is 0 Å². The first-order valence-electron chi connectivity index (χ1n) is 6.02. The van der Waals surface area contributed by atoms with Gasteiger partial charge < -0.3 is 4.74 Å². The molecule has 0 heterocycles. The fourth-order valence-corrected chi connectivity index (χ4v) is 2.09. The van der Waals surface area contributed by atoms with Crippen LogP contribution in [-0.4, -0.2) is 18.5 Å². The summed E-state index contributed by atoms with van der Waals surface area (Å²) in [6.45, 7) is 0.771. The fraction of sp³-hybridized carbons (Fsp3) is 0.500. The molecule has 1 unspecified atom stereocenters. The molecule has 1 aromatic rings. The fourth-order valence-electron chi connectivity index (χ4n) is 2.09. The molecule has 1 aliphatic carbocycles. The Kier molecular flexibility index (Phi) is 4.11. The molecule has 1 fully saturated rings. The van der Waals surface area contributed by atoms with Crippen LogP contribution in [0.3, 0.4) is 0 Å². The van der Waals surface area contributed by atoms with E-state index < -0.39 is 0 Å². The van der Waals surface area contributed by atoms with E-state index in [1.165, 1.54) is 5.56 Å². The van der Waals surface area contributed by atoms with Crippen LogP contribution in [0.1, 0.15) is 31.2 Å². The van der Waals surface area contributed by atoms with Gasteiger partial charge in [0.2, 0.25) is 0 Å². The lowest BCUT2D eigenvalue weighted by atomic mass is 10.1. The van der Waals surface area contributed by atoms with Crippen LogP contribution in [-0.2, 0) is 16.0 Å². The predicted octanol–water partition coefficient (Wildman–Crippen LogP) is 2.76. The molecule has 0 aliphatic heterocycles. The zero-order chi connectivity index (χ0) is 11.2. The quantitative estimate of drug-likeness (QED) is 0.710. The Bertz CT molecular complexity index is 332. The highest BCUT2D eigenvalue weighted by molar-refractivity contribution is 5.81. The van der Waals surface area contributed by atoms with Crippen molar-refractivity contribution in [2.24, 2.45) is 0 Å². The topological polar surface area (TPSA) is 26.3 Å². The van der Waals surface area contributed by atoms with Crippen molar-refractivity contribution in [1.82, 2.24) is 0 Å². The van der Waals surface area contributed by atoms with E-state index in [2.05, 4.69) is 24.3 Å². The first-order chi connectivity index (χ1) is 7.84. The van der Waals surface area contributed by atoms with Crippen molar-refractivity contribution in [1.29, 1.82) is 0 Å². The van der Waals surface area contributed by atoms with Crippen molar-refractivity contribution in [2.75, 3.05) is 6.61 Å². The molecule has 0 saturated heterocycles. The Morgan fingerprint density at radius 3 is 2.75 bits per heavy atom. The zero-order valence-corrected chi connectivity index (χ0v) is 9.52. The monoisotopic (exact) mass is 218 g/mol. The molecule has 0 amide bonds. The molecule has 0 aromatic heterocycles. The standard InChI is InChI=1S/C14H18O2/c15-13-8-9-14(11-13)16-10-4-7-12-5-2-1-3-6-12/h1-3,5-6,14H,4,7-11H2. The van der Waals surface area contributed by atoms with Gasteiger partial charge in [-0.25, -0.2) is 0 Å². The van der Waals surface area contributed by atoms with Crippen molar-refractivity contribution in [3.05, 3.63) is 35.9 Å². The minimum absolute atomic E-state index is 0.197. The second-order valence-corrected chi connectivity index (χ2v) is 4.36. The number of hydrogen-bond acceptors (Lipinski definition) is 2. The summed E-state index contributed by atoms with van der Waals surface area (Å²) in [7, 11) is 0. The summed E-state index contributed by atoms with van der Waals surface area (Å²) in [5, 5.41) is 0. The lowest BCUT2D eigenvalue weighted by Crippen LogP contribution is -2.10. The number of ketones is 1. The minimum atomic E-state index is 0.197. The van der Waals surface area contributed by atoms with Crippen LogP contribution in [0.4, 0.5) is 0 Å². The second-order valence-electron chi connectivity index (χ2n) is 4.36. The molecule has 0 spiro atoms. The average Bonchev–Trinajstić information content (AvgIpc) is 2.72. The third kappa shape index (κ3) is 3.46. The zero-order valence-electron chi connectivity index (χ0n) is 9.52. The summed E-state index contributed by atoms with van der Waals surface area (Å²) in [5.74, 6) is 0.355. The van der Waals surface area contributed by atoms with Gasteiger partial charge in [0.05, 0.1) is 6.10 Å². The maximum Gasteiger partial charge on any atom is 0.135 e. The van der Waals surface area contributed by atoms with E-state index in [1.807, 2.05) is 6.07 Å². The van der Waals surface area contributed by atoms with E-state index in [0.717, 1.165) is 25.9 Å². The molecule has 0 radical (unpaired) electrons. The van der Waals surface area contributed by atoms with Crippen molar-refractivity contribution in [2.45, 2.75) is 38.2 Å². The molecule has 2 nitrogen and oxygen atoms in total. The highest BCUT2D eigenvalue weighted by Crippen LogP contribution is 2.18. The summed E-state index contributed by atoms with van der Waals surface area (Å²) in [6, 6.07) is 10.4. The van der Waals surface area contributed by atoms with Gasteiger partial charge in [-0.05, 0) is 24.8 Å². The Hall–Kier alpha value is -1.15. The van der Waals surface area contributed by atoms with E-state index >= 15 is 0 Å². The first-order valence-corrected chi connectivity index (χ1v) is 6.02. The van der Waals surface area contributed by atoms with Crippen LogP contribution in [0.25, 0.3) is 0 Å². The molecule has 1 aromatic carbocycles. The van der Waals surface area contributed by atoms with E-state index in [0.29, 0.717) is 18.6 Å². The smallest absolute Gasteiger partial charge is 0.135 e. The van der Waals surface area contributed by atoms with Gasteiger partial charge in [0.15, 0.2) is 0 Å². The number of carbonyl (C=O) groups excluding carboxylic acids is 1. The Labute approximate surface area is 96.6 Å². The summed E-state index contributed by atoms with van der Waals surface area (Å²) in [5.41, 5.74) is 1.36. The second kappa shape index (κ2) is 5.80. The molecule has 1 atom stereocenters. The number of carbonyl (C=O) groups is 1. The molecular formula is C14H18O2. The summed E-state index contributed by atoms with van der Waals surface area (Å²) in [4.78, 5) is 11.0. The van der Waals surface area contributed by atoms with Crippen LogP contribution in [0.2, 0.25) is 0 Å². The van der Waals surface area contributed by atoms with Crippen LogP contribution in [0.5, 0.6) is 0 Å². The molecule has 0 N–H and O–H groups in total. The Balaban J connectivity index is 1.60. The van der Waals surface area contributed by atoms with Gasteiger partial charge in [-0.2, -0.15) is 0 Å². The van der Waals surface area contributed by atoms with Gasteiger partial charge in [-0.1, -0.05) is 30.3 Å². The third-order valence-electron chi connectivity index (χ3n) is 3.01. The summed E-state index contributed by atoms with van der Waals surface area (Å²) >= 11 is 0. The molecule has 16 heavy (non-hydrogen) atoms. The SMILES string of the molecule is O=C1CCC(OCCCc2ccccc2)C1. The van der Waals surface area contributed by atoms with Gasteiger partial charge in [0.1, 0.15) is 5.78 Å². The van der Waals surface area contributed by atoms with Crippen molar-refractivity contribution < 1.29 is 9.53 Å². The van der Waals surface area contributed by atoms with E-state index in [1.54, 1.807) is 0 Å². The largest absolute Gasteiger partial charge is 0.378 e. The highest BCUT2D eigenvalue weighted by Gasteiger charge is 2.21. The van der Waals surface area contributed by atoms with Crippen molar-refractivity contribution >= 4 is 5.78 Å². The molecule has 1 aliphatic rings. The minimum Gasteiger partial charge on any atom is -0.378 e. The predicted molar refractivity (Wildman–Crippen MR) is 63.4 cm³/mol. The molecule has 1 saturated carbocycles. The number of ether oxygens (including phenoxy) is 1. The van der Waals surface area contributed by atoms with Crippen LogP contribution in [0.15, 0.2) is 30.3 Å². The van der Waals surface area contributed by atoms with Crippen LogP contribution >= 0.6 is 0 Å². The number of hydrogen-bond donors (Lipinski definition) is 0. The van der Waals surface area contributed by atoms with Crippen molar-refractivity contribution in [3.63, 3.8) is 0 Å². The number of aryl methyl sites for hydroxylation is 1. The van der Waals surface area contributed by atoms with Crippen LogP contribution in [0, 0.1) is 0 Å². The van der Waals surface area contributed by atoms with E-state index in [9.17, 15) is 4.79 Å². The molecule has 0 bridgehead atoms. The maximum atomic E-state index is 11.0. The van der Waals surface area contributed by atoms with Gasteiger partial charge >= 0.3 is 0 Å². The first kappa shape index (κ1) is 11.3. The van der Waals surface area contributed by atoms with Gasteiger partial charge in [-0.15, -0.1) is 0 Å². The number of Topliss-reactive ketones (excluding diaryl/α,β-unsaturated/α-hetero) is 1. The van der Waals surface area contributed by atoms with Crippen molar-refractivity contribution in [3.8, 4) is 0 Å². The van der Waals surface area contributed by atoms with Crippen LogP contribution < -0.4 is 0 Å². The Morgan fingerprint density at radius 2 is 2.06 bits per heavy atom. The normalized spacial score (nSPS) is 20.2. The number of rotatable bonds is 5. The third-order valence-corrected chi connectivity index (χ3v) is 3.01. The van der Waals surface area contributed by atoms with E-state index in [4.69, 9.17) is 4.74 Å². The van der Waals surface area contributed by atoms with Gasteiger partial charge in [-0.3, -0.25) is 4.79 Å². The summed E-state index contributed by atoms with van der Waals surface area (Å²) in [6.07, 6.45) is 4.55. The average molecular weight is 218 g/mol. The van der Waals surface area contributed by atoms with Gasteiger partial charge in [0, 0.05) is 19.4 Å². The lowest BCUT2D eigenvalue weighted by molar-refractivity contribution is -0.118. The van der Waals surface area contributed by atoms with E-state index in [-0.39, 0.29) is 6.10 Å². The maximum absolute atomic E-state index is 11.0. The number of benzene rings is 1.